The Bertz CT molecular complexity index is 392. The lowest BCUT2D eigenvalue weighted by Crippen LogP contribution is -1.81. The second-order valence-corrected chi connectivity index (χ2v) is 4.31. The quantitative estimate of drug-likeness (QED) is 0.607. The molecule has 1 aromatic heterocycles. The second-order valence-electron chi connectivity index (χ2n) is 2.43. The number of benzene rings is 1. The molecular weight excluding hydrogens is 156 g/mol. The van der Waals surface area contributed by atoms with Crippen molar-refractivity contribution in [2.75, 3.05) is 5.73 Å². The number of anilines is 1. The minimum Gasteiger partial charge on any atom is -0.339 e. The molecule has 1 heterocycles. The Kier molecular flexibility index (Phi) is 1.32. The van der Waals surface area contributed by atoms with Gasteiger partial charge in [0.05, 0.1) is 0 Å². The van der Waals surface area contributed by atoms with Gasteiger partial charge < -0.3 is 5.73 Å². The Morgan fingerprint density at radius 3 is 2.82 bits per heavy atom. The SMILES string of the molecule is C[s+]1c(N)nc2ccccc21. The summed E-state index contributed by atoms with van der Waals surface area (Å²) < 4.78 is 1.27. The van der Waals surface area contributed by atoms with E-state index in [1.807, 2.05) is 18.2 Å². The van der Waals surface area contributed by atoms with E-state index in [-0.39, 0.29) is 10.5 Å². The molecule has 0 spiro atoms. The standard InChI is InChI=1S/C8H9N2S/c1-11-7-5-3-2-4-6(7)10-8(11)9/h2-5H,1H3,(H2,9,10)/q+1. The molecule has 0 aliphatic heterocycles. The molecule has 2 nitrogen and oxygen atoms in total. The van der Waals surface area contributed by atoms with E-state index in [1.165, 1.54) is 4.70 Å². The molecule has 0 fully saturated rings. The number of thiazole rings is 1. The summed E-state index contributed by atoms with van der Waals surface area (Å²) >= 11 is 0. The fraction of sp³-hybridized carbons (Fsp3) is 0.125. The predicted molar refractivity (Wildman–Crippen MR) is 49.6 cm³/mol. The third-order valence-corrected chi connectivity index (χ3v) is 3.46. The minimum absolute atomic E-state index is 0.0352. The topological polar surface area (TPSA) is 38.9 Å². The van der Waals surface area contributed by atoms with E-state index >= 15 is 0 Å². The Labute approximate surface area is 67.6 Å². The molecule has 0 aliphatic carbocycles. The van der Waals surface area contributed by atoms with Crippen LogP contribution in [-0.4, -0.2) is 4.98 Å². The van der Waals surface area contributed by atoms with Gasteiger partial charge in [-0.2, -0.15) is 4.98 Å². The van der Waals surface area contributed by atoms with Gasteiger partial charge in [-0.3, -0.25) is 0 Å². The van der Waals surface area contributed by atoms with Gasteiger partial charge in [-0.1, -0.05) is 12.1 Å². The first-order valence-corrected chi connectivity index (χ1v) is 5.01. The number of rotatable bonds is 0. The summed E-state index contributed by atoms with van der Waals surface area (Å²) in [6, 6.07) is 8.09. The van der Waals surface area contributed by atoms with Crippen molar-refractivity contribution in [2.24, 2.45) is 6.26 Å². The van der Waals surface area contributed by atoms with Gasteiger partial charge in [0.1, 0.15) is 11.8 Å². The van der Waals surface area contributed by atoms with Crippen LogP contribution in [0.25, 0.3) is 10.2 Å². The molecule has 0 bridgehead atoms. The number of aromatic nitrogens is 1. The lowest BCUT2D eigenvalue weighted by atomic mass is 10.3. The fourth-order valence-electron chi connectivity index (χ4n) is 1.11. The zero-order chi connectivity index (χ0) is 7.84. The van der Waals surface area contributed by atoms with E-state index in [0.29, 0.717) is 0 Å². The highest BCUT2D eigenvalue weighted by Gasteiger charge is 2.13. The molecule has 2 rings (SSSR count). The minimum atomic E-state index is 0.0352. The van der Waals surface area contributed by atoms with Crippen molar-refractivity contribution in [2.45, 2.75) is 0 Å². The van der Waals surface area contributed by atoms with E-state index < -0.39 is 0 Å². The highest BCUT2D eigenvalue weighted by Crippen LogP contribution is 2.32. The highest BCUT2D eigenvalue weighted by atomic mass is 32.2. The molecule has 0 aliphatic rings. The monoisotopic (exact) mass is 165 g/mol. The average molecular weight is 165 g/mol. The Morgan fingerprint density at radius 1 is 1.36 bits per heavy atom. The molecule has 2 aromatic rings. The molecule has 0 saturated carbocycles. The van der Waals surface area contributed by atoms with Crippen LogP contribution in [-0.2, 0) is 6.26 Å². The van der Waals surface area contributed by atoms with Crippen LogP contribution in [0.5, 0.6) is 0 Å². The summed E-state index contributed by atoms with van der Waals surface area (Å²) in [6.07, 6.45) is 2.10. The van der Waals surface area contributed by atoms with Crippen molar-refractivity contribution >= 4 is 25.8 Å². The third kappa shape index (κ3) is 0.886. The number of nitrogens with zero attached hydrogens (tertiary/aromatic N) is 1. The average Bonchev–Trinajstić information content (AvgIpc) is 2.30. The van der Waals surface area contributed by atoms with Gasteiger partial charge in [0, 0.05) is 16.5 Å². The maximum atomic E-state index is 5.69. The number of para-hydroxylation sites is 1. The third-order valence-electron chi connectivity index (χ3n) is 1.74. The van der Waals surface area contributed by atoms with Gasteiger partial charge in [-0.15, -0.1) is 0 Å². The molecular formula is C8H9N2S+. The van der Waals surface area contributed by atoms with Crippen LogP contribution in [0.3, 0.4) is 0 Å². The molecule has 11 heavy (non-hydrogen) atoms. The molecule has 3 heteroatoms. The van der Waals surface area contributed by atoms with Crippen molar-refractivity contribution < 1.29 is 0 Å². The first kappa shape index (κ1) is 6.61. The first-order valence-electron chi connectivity index (χ1n) is 3.38. The largest absolute Gasteiger partial charge is 0.339 e. The van der Waals surface area contributed by atoms with E-state index in [9.17, 15) is 0 Å². The molecule has 1 aromatic carbocycles. The van der Waals surface area contributed by atoms with Crippen molar-refractivity contribution in [1.82, 2.24) is 4.98 Å². The summed E-state index contributed by atoms with van der Waals surface area (Å²) in [5.74, 6) is 0. The van der Waals surface area contributed by atoms with Crippen molar-refractivity contribution in [3.63, 3.8) is 0 Å². The van der Waals surface area contributed by atoms with Crippen molar-refractivity contribution in [1.29, 1.82) is 0 Å². The van der Waals surface area contributed by atoms with E-state index in [0.717, 1.165) is 10.6 Å². The summed E-state index contributed by atoms with van der Waals surface area (Å²) in [5.41, 5.74) is 6.73. The van der Waals surface area contributed by atoms with Gasteiger partial charge >= 0.3 is 5.13 Å². The molecule has 0 radical (unpaired) electrons. The van der Waals surface area contributed by atoms with Gasteiger partial charge in [-0.05, 0) is 6.07 Å². The van der Waals surface area contributed by atoms with E-state index in [2.05, 4.69) is 17.3 Å². The molecule has 1 unspecified atom stereocenters. The van der Waals surface area contributed by atoms with Gasteiger partial charge in [-0.25, -0.2) is 0 Å². The zero-order valence-electron chi connectivity index (χ0n) is 6.24. The first-order chi connectivity index (χ1) is 5.29. The molecule has 0 saturated heterocycles. The maximum absolute atomic E-state index is 5.69. The normalized spacial score (nSPS) is 12.3. The van der Waals surface area contributed by atoms with Crippen LogP contribution in [0.2, 0.25) is 0 Å². The van der Waals surface area contributed by atoms with Crippen LogP contribution in [0.4, 0.5) is 5.13 Å². The summed E-state index contributed by atoms with van der Waals surface area (Å²) in [5, 5.41) is 0.756. The summed E-state index contributed by atoms with van der Waals surface area (Å²) in [4.78, 5) is 4.24. The molecule has 2 N–H and O–H groups in total. The number of nitrogens with two attached hydrogens (primary N) is 1. The number of nitrogen functional groups attached to an aromatic ring is 1. The van der Waals surface area contributed by atoms with E-state index in [1.54, 1.807) is 0 Å². The smallest absolute Gasteiger partial charge is 0.338 e. The number of hydrogen-bond donors (Lipinski definition) is 1. The predicted octanol–water partition coefficient (Wildman–Crippen LogP) is 2.10. The number of fused-ring (bicyclic) bond motifs is 1. The highest BCUT2D eigenvalue weighted by molar-refractivity contribution is 7.38. The van der Waals surface area contributed by atoms with Crippen molar-refractivity contribution in [3.8, 4) is 0 Å². The fourth-order valence-corrected chi connectivity index (χ4v) is 2.28. The Balaban J connectivity index is 2.92. The zero-order valence-corrected chi connectivity index (χ0v) is 7.06. The van der Waals surface area contributed by atoms with Gasteiger partial charge in [0.25, 0.3) is 0 Å². The van der Waals surface area contributed by atoms with Crippen LogP contribution in [0, 0.1) is 0 Å². The lowest BCUT2D eigenvalue weighted by Gasteiger charge is -1.78. The molecule has 56 valence electrons. The van der Waals surface area contributed by atoms with E-state index in [4.69, 9.17) is 5.73 Å². The Hall–Kier alpha value is -1.09. The maximum Gasteiger partial charge on any atom is 0.338 e. The van der Waals surface area contributed by atoms with Crippen LogP contribution in [0.15, 0.2) is 24.3 Å². The Morgan fingerprint density at radius 2 is 2.09 bits per heavy atom. The lowest BCUT2D eigenvalue weighted by molar-refractivity contribution is 1.49. The van der Waals surface area contributed by atoms with Gasteiger partial charge in [0.2, 0.25) is 4.70 Å². The van der Waals surface area contributed by atoms with Crippen LogP contribution < -0.4 is 5.73 Å². The summed E-state index contributed by atoms with van der Waals surface area (Å²) in [7, 11) is 0.0352. The number of aryl methyl sites for hydroxylation is 1. The van der Waals surface area contributed by atoms with Gasteiger partial charge in [0.15, 0.2) is 0 Å². The second kappa shape index (κ2) is 2.20. The number of hydrogen-bond acceptors (Lipinski definition) is 2. The molecule has 1 atom stereocenters. The van der Waals surface area contributed by atoms with Crippen LogP contribution in [0.1, 0.15) is 0 Å². The molecule has 0 amide bonds. The summed E-state index contributed by atoms with van der Waals surface area (Å²) in [6.45, 7) is 0. The van der Waals surface area contributed by atoms with Crippen LogP contribution >= 0.6 is 10.5 Å². The van der Waals surface area contributed by atoms with Crippen molar-refractivity contribution in [3.05, 3.63) is 24.3 Å².